The summed E-state index contributed by atoms with van der Waals surface area (Å²) in [6.07, 6.45) is 7.32. The molecule has 0 aromatic heterocycles. The molecule has 0 saturated heterocycles. The van der Waals surface area contributed by atoms with E-state index in [1.165, 1.54) is 31.2 Å². The Hall–Kier alpha value is -1.33. The highest BCUT2D eigenvalue weighted by molar-refractivity contribution is 5.36. The number of hydrogen-bond acceptors (Lipinski definition) is 2. The van der Waals surface area contributed by atoms with Crippen LogP contribution in [0.5, 0.6) is 0 Å². The molecule has 1 unspecified atom stereocenters. The molecule has 2 fully saturated rings. The van der Waals surface area contributed by atoms with Crippen molar-refractivity contribution in [2.45, 2.75) is 62.9 Å². The molecule has 3 rings (SSSR count). The van der Waals surface area contributed by atoms with Gasteiger partial charge >= 0.3 is 0 Å². The summed E-state index contributed by atoms with van der Waals surface area (Å²) in [6, 6.07) is 14.0. The number of rotatable bonds is 6. The molecular weight excluding hydrogens is 244 g/mol. The van der Waals surface area contributed by atoms with Gasteiger partial charge in [0, 0.05) is 12.1 Å². The van der Waals surface area contributed by atoms with Gasteiger partial charge < -0.3 is 5.32 Å². The molecule has 2 saturated carbocycles. The summed E-state index contributed by atoms with van der Waals surface area (Å²) in [5.74, 6) is 0.974. The number of nitrogens with one attached hydrogen (secondary N) is 1. The second-order valence-corrected chi connectivity index (χ2v) is 6.62. The summed E-state index contributed by atoms with van der Waals surface area (Å²) < 4.78 is 0. The standard InChI is InChI=1S/C18H24N2/c1-2-16(10-14-8-9-14)20-17-11-18(12-17,13-19)15-6-4-3-5-7-15/h3-7,14,16-17,20H,2,8-12H2,1H3. The second-order valence-electron chi connectivity index (χ2n) is 6.62. The number of nitriles is 1. The van der Waals surface area contributed by atoms with Crippen molar-refractivity contribution in [3.63, 3.8) is 0 Å². The average molecular weight is 268 g/mol. The maximum Gasteiger partial charge on any atom is 0.0852 e. The first-order valence-corrected chi connectivity index (χ1v) is 7.98. The van der Waals surface area contributed by atoms with Gasteiger partial charge in [0.15, 0.2) is 0 Å². The highest BCUT2D eigenvalue weighted by Crippen LogP contribution is 2.44. The van der Waals surface area contributed by atoms with Gasteiger partial charge in [-0.2, -0.15) is 5.26 Å². The molecule has 2 aliphatic rings. The Balaban J connectivity index is 1.57. The molecule has 1 atom stereocenters. The van der Waals surface area contributed by atoms with E-state index in [1.807, 2.05) is 18.2 Å². The molecule has 20 heavy (non-hydrogen) atoms. The Kier molecular flexibility index (Phi) is 3.81. The van der Waals surface area contributed by atoms with Crippen molar-refractivity contribution >= 4 is 0 Å². The van der Waals surface area contributed by atoms with E-state index in [2.05, 4.69) is 30.4 Å². The van der Waals surface area contributed by atoms with Crippen molar-refractivity contribution in [1.82, 2.24) is 5.32 Å². The van der Waals surface area contributed by atoms with E-state index in [0.717, 1.165) is 18.8 Å². The molecule has 1 aromatic carbocycles. The van der Waals surface area contributed by atoms with Crippen LogP contribution in [0, 0.1) is 17.2 Å². The first-order valence-electron chi connectivity index (χ1n) is 7.98. The summed E-state index contributed by atoms with van der Waals surface area (Å²) in [5.41, 5.74) is 0.951. The molecule has 0 heterocycles. The fourth-order valence-corrected chi connectivity index (χ4v) is 3.49. The van der Waals surface area contributed by atoms with E-state index in [-0.39, 0.29) is 5.41 Å². The normalized spacial score (nSPS) is 30.3. The Morgan fingerprint density at radius 1 is 1.30 bits per heavy atom. The van der Waals surface area contributed by atoms with E-state index < -0.39 is 0 Å². The van der Waals surface area contributed by atoms with Crippen molar-refractivity contribution in [2.24, 2.45) is 5.92 Å². The largest absolute Gasteiger partial charge is 0.311 e. The third kappa shape index (κ3) is 2.74. The molecule has 2 heteroatoms. The van der Waals surface area contributed by atoms with Crippen LogP contribution >= 0.6 is 0 Å². The zero-order chi connectivity index (χ0) is 14.0. The Bertz CT molecular complexity index is 478. The Morgan fingerprint density at radius 2 is 2.00 bits per heavy atom. The zero-order valence-electron chi connectivity index (χ0n) is 12.3. The minimum absolute atomic E-state index is 0.239. The highest BCUT2D eigenvalue weighted by Gasteiger charge is 2.46. The number of hydrogen-bond donors (Lipinski definition) is 1. The summed E-state index contributed by atoms with van der Waals surface area (Å²) >= 11 is 0. The van der Waals surface area contributed by atoms with E-state index in [0.29, 0.717) is 12.1 Å². The van der Waals surface area contributed by atoms with Crippen LogP contribution in [0.1, 0.15) is 51.0 Å². The SMILES string of the molecule is CCC(CC1CC1)NC1CC(C#N)(c2ccccc2)C1. The molecule has 2 nitrogen and oxygen atoms in total. The first kappa shape index (κ1) is 13.6. The summed E-state index contributed by atoms with van der Waals surface area (Å²) in [6.45, 7) is 2.27. The van der Waals surface area contributed by atoms with E-state index in [9.17, 15) is 5.26 Å². The monoisotopic (exact) mass is 268 g/mol. The minimum atomic E-state index is -0.239. The van der Waals surface area contributed by atoms with Gasteiger partial charge in [0.1, 0.15) is 0 Å². The molecular formula is C18H24N2. The molecule has 106 valence electrons. The van der Waals surface area contributed by atoms with Crippen molar-refractivity contribution in [3.05, 3.63) is 35.9 Å². The molecule has 2 aliphatic carbocycles. The van der Waals surface area contributed by atoms with Gasteiger partial charge in [-0.25, -0.2) is 0 Å². The maximum absolute atomic E-state index is 9.58. The third-order valence-electron chi connectivity index (χ3n) is 5.01. The lowest BCUT2D eigenvalue weighted by Gasteiger charge is -2.45. The molecule has 0 radical (unpaired) electrons. The smallest absolute Gasteiger partial charge is 0.0852 e. The van der Waals surface area contributed by atoms with Crippen molar-refractivity contribution in [3.8, 4) is 6.07 Å². The minimum Gasteiger partial charge on any atom is -0.311 e. The summed E-state index contributed by atoms with van der Waals surface area (Å²) in [5, 5.41) is 13.4. The lowest BCUT2D eigenvalue weighted by Crippen LogP contribution is -2.53. The summed E-state index contributed by atoms with van der Waals surface area (Å²) in [7, 11) is 0. The predicted molar refractivity (Wildman–Crippen MR) is 81.3 cm³/mol. The van der Waals surface area contributed by atoms with Crippen LogP contribution in [0.3, 0.4) is 0 Å². The Labute approximate surface area is 122 Å². The van der Waals surface area contributed by atoms with Crippen LogP contribution < -0.4 is 5.32 Å². The second kappa shape index (κ2) is 5.58. The van der Waals surface area contributed by atoms with Gasteiger partial charge in [-0.1, -0.05) is 50.1 Å². The molecule has 1 aromatic rings. The predicted octanol–water partition coefficient (Wildman–Crippen LogP) is 3.78. The van der Waals surface area contributed by atoms with Gasteiger partial charge in [-0.3, -0.25) is 0 Å². The summed E-state index contributed by atoms with van der Waals surface area (Å²) in [4.78, 5) is 0. The lowest BCUT2D eigenvalue weighted by atomic mass is 9.62. The van der Waals surface area contributed by atoms with Crippen molar-refractivity contribution < 1.29 is 0 Å². The molecule has 0 amide bonds. The highest BCUT2D eigenvalue weighted by atomic mass is 15.0. The fraction of sp³-hybridized carbons (Fsp3) is 0.611. The molecule has 0 aliphatic heterocycles. The number of benzene rings is 1. The first-order chi connectivity index (χ1) is 9.75. The van der Waals surface area contributed by atoms with Gasteiger partial charge in [-0.15, -0.1) is 0 Å². The fourth-order valence-electron chi connectivity index (χ4n) is 3.49. The molecule has 1 N–H and O–H groups in total. The van der Waals surface area contributed by atoms with E-state index in [1.54, 1.807) is 0 Å². The third-order valence-corrected chi connectivity index (χ3v) is 5.01. The van der Waals surface area contributed by atoms with Crippen LogP contribution in [0.15, 0.2) is 30.3 Å². The van der Waals surface area contributed by atoms with Crippen LogP contribution in [0.4, 0.5) is 0 Å². The van der Waals surface area contributed by atoms with Gasteiger partial charge in [0.25, 0.3) is 0 Å². The van der Waals surface area contributed by atoms with Crippen molar-refractivity contribution in [2.75, 3.05) is 0 Å². The maximum atomic E-state index is 9.58. The van der Waals surface area contributed by atoms with Gasteiger partial charge in [0.05, 0.1) is 11.5 Å². The Morgan fingerprint density at radius 3 is 2.55 bits per heavy atom. The van der Waals surface area contributed by atoms with E-state index >= 15 is 0 Å². The number of nitrogens with zero attached hydrogens (tertiary/aromatic N) is 1. The van der Waals surface area contributed by atoms with Gasteiger partial charge in [0.2, 0.25) is 0 Å². The van der Waals surface area contributed by atoms with Crippen LogP contribution in [0.2, 0.25) is 0 Å². The average Bonchev–Trinajstić information content (AvgIpc) is 3.26. The topological polar surface area (TPSA) is 35.8 Å². The lowest BCUT2D eigenvalue weighted by molar-refractivity contribution is 0.202. The molecule has 0 bridgehead atoms. The van der Waals surface area contributed by atoms with Gasteiger partial charge in [-0.05, 0) is 37.2 Å². The van der Waals surface area contributed by atoms with Crippen LogP contribution in [-0.2, 0) is 5.41 Å². The van der Waals surface area contributed by atoms with Crippen molar-refractivity contribution in [1.29, 1.82) is 5.26 Å². The van der Waals surface area contributed by atoms with Crippen LogP contribution in [-0.4, -0.2) is 12.1 Å². The quantitative estimate of drug-likeness (QED) is 0.852. The molecule has 0 spiro atoms. The van der Waals surface area contributed by atoms with E-state index in [4.69, 9.17) is 0 Å². The van der Waals surface area contributed by atoms with Crippen LogP contribution in [0.25, 0.3) is 0 Å². The zero-order valence-corrected chi connectivity index (χ0v) is 12.3.